The van der Waals surface area contributed by atoms with E-state index < -0.39 is 17.9 Å². The van der Waals surface area contributed by atoms with E-state index in [1.165, 1.54) is 4.90 Å². The van der Waals surface area contributed by atoms with Crippen molar-refractivity contribution >= 4 is 46.3 Å². The van der Waals surface area contributed by atoms with Gasteiger partial charge in [0.15, 0.2) is 5.69 Å². The van der Waals surface area contributed by atoms with Gasteiger partial charge in [-0.05, 0) is 65.7 Å². The molecular formula is C29H36N6O3S. The second-order valence-electron chi connectivity index (χ2n) is 10.4. The molecule has 10 heteroatoms. The van der Waals surface area contributed by atoms with Crippen LogP contribution in [-0.2, 0) is 4.79 Å². The van der Waals surface area contributed by atoms with Gasteiger partial charge in [-0.1, -0.05) is 51.0 Å². The van der Waals surface area contributed by atoms with Crippen LogP contribution in [0.2, 0.25) is 0 Å². The van der Waals surface area contributed by atoms with Crippen molar-refractivity contribution in [3.8, 4) is 0 Å². The summed E-state index contributed by atoms with van der Waals surface area (Å²) in [6.07, 6.45) is 3.91. The molecule has 3 amide bonds. The maximum atomic E-state index is 14.2. The lowest BCUT2D eigenvalue weighted by Crippen LogP contribution is -2.46. The van der Waals surface area contributed by atoms with Crippen molar-refractivity contribution in [3.05, 3.63) is 70.2 Å². The Morgan fingerprint density at radius 3 is 2.03 bits per heavy atom. The predicted molar refractivity (Wildman–Crippen MR) is 156 cm³/mol. The number of rotatable bonds is 9. The molecule has 0 unspecified atom stereocenters. The first-order valence-corrected chi connectivity index (χ1v) is 13.9. The number of anilines is 3. The molecule has 0 saturated heterocycles. The smallest absolute Gasteiger partial charge is 0.273 e. The number of hydrogen-bond acceptors (Lipinski definition) is 7. The van der Waals surface area contributed by atoms with Gasteiger partial charge in [0, 0.05) is 31.5 Å². The van der Waals surface area contributed by atoms with E-state index in [9.17, 15) is 14.4 Å². The lowest BCUT2D eigenvalue weighted by Gasteiger charge is -2.32. The van der Waals surface area contributed by atoms with Gasteiger partial charge >= 0.3 is 0 Å². The van der Waals surface area contributed by atoms with Gasteiger partial charge in [0.25, 0.3) is 11.8 Å². The summed E-state index contributed by atoms with van der Waals surface area (Å²) in [7, 11) is 3.88. The van der Waals surface area contributed by atoms with E-state index in [1.807, 2.05) is 67.5 Å². The van der Waals surface area contributed by atoms with Crippen LogP contribution in [-0.4, -0.2) is 42.2 Å². The van der Waals surface area contributed by atoms with E-state index in [2.05, 4.69) is 23.5 Å². The van der Waals surface area contributed by atoms with Crippen LogP contribution in [0.1, 0.15) is 82.8 Å². The number of hydrogen-bond donors (Lipinski definition) is 3. The Morgan fingerprint density at radius 1 is 0.949 bits per heavy atom. The minimum atomic E-state index is -0.988. The summed E-state index contributed by atoms with van der Waals surface area (Å²) >= 11 is 0.802. The van der Waals surface area contributed by atoms with Gasteiger partial charge in [-0.3, -0.25) is 19.3 Å². The van der Waals surface area contributed by atoms with Crippen molar-refractivity contribution in [3.63, 3.8) is 0 Å². The maximum absolute atomic E-state index is 14.2. The van der Waals surface area contributed by atoms with Gasteiger partial charge in [-0.25, -0.2) is 0 Å². The van der Waals surface area contributed by atoms with E-state index >= 15 is 0 Å². The van der Waals surface area contributed by atoms with Gasteiger partial charge in [-0.2, -0.15) is 4.37 Å². The molecule has 9 nitrogen and oxygen atoms in total. The number of nitrogen functional groups attached to an aromatic ring is 1. The Labute approximate surface area is 233 Å². The van der Waals surface area contributed by atoms with Crippen molar-refractivity contribution in [1.82, 2.24) is 9.69 Å². The third-order valence-electron chi connectivity index (χ3n) is 7.15. The Morgan fingerprint density at radius 2 is 1.51 bits per heavy atom. The third-order valence-corrected chi connectivity index (χ3v) is 8.00. The Kier molecular flexibility index (Phi) is 8.54. The number of carbonyl (C=O) groups excluding carboxylic acids is 3. The summed E-state index contributed by atoms with van der Waals surface area (Å²) in [4.78, 5) is 43.5. The summed E-state index contributed by atoms with van der Waals surface area (Å²) in [6.45, 7) is 4.18. The zero-order valence-corrected chi connectivity index (χ0v) is 23.6. The van der Waals surface area contributed by atoms with Gasteiger partial charge in [0.2, 0.25) is 5.91 Å². The first-order valence-electron chi connectivity index (χ1n) is 13.1. The lowest BCUT2D eigenvalue weighted by atomic mass is 9.99. The molecule has 0 aliphatic heterocycles. The highest BCUT2D eigenvalue weighted by Crippen LogP contribution is 2.35. The monoisotopic (exact) mass is 548 g/mol. The predicted octanol–water partition coefficient (Wildman–Crippen LogP) is 4.46. The number of primary amides is 1. The van der Waals surface area contributed by atoms with Crippen LogP contribution in [0.5, 0.6) is 0 Å². The Hall–Kier alpha value is -3.92. The van der Waals surface area contributed by atoms with Crippen molar-refractivity contribution in [2.75, 3.05) is 29.6 Å². The summed E-state index contributed by atoms with van der Waals surface area (Å²) in [5.74, 6) is -1.33. The largest absolute Gasteiger partial charge is 0.395 e. The zero-order chi connectivity index (χ0) is 28.3. The minimum absolute atomic E-state index is 0.0521. The molecule has 1 atom stereocenters. The number of aromatic nitrogens is 1. The second kappa shape index (κ2) is 11.9. The van der Waals surface area contributed by atoms with Crippen LogP contribution in [0, 0.1) is 0 Å². The number of amides is 3. The standard InChI is InChI=1S/C29H36N6O3S/c1-17(2)18-9-15-22(16-10-18)35(29(38)26-23(30)24(27(31)36)33-39-26)25(28(37)32-20-7-5-6-8-20)19-11-13-21(14-12-19)34(3)4/h9-17,20,25H,5-8,30H2,1-4H3,(H2,31,36)(H,32,37)/t25-/m1/s1. The molecule has 5 N–H and O–H groups in total. The first kappa shape index (κ1) is 28.1. The Balaban J connectivity index is 1.86. The third kappa shape index (κ3) is 6.06. The van der Waals surface area contributed by atoms with Crippen LogP contribution in [0.25, 0.3) is 0 Å². The topological polar surface area (TPSA) is 135 Å². The summed E-state index contributed by atoms with van der Waals surface area (Å²) in [5.41, 5.74) is 14.6. The summed E-state index contributed by atoms with van der Waals surface area (Å²) in [5, 5.41) is 3.18. The van der Waals surface area contributed by atoms with E-state index in [-0.39, 0.29) is 28.2 Å². The number of benzene rings is 2. The van der Waals surface area contributed by atoms with Crippen molar-refractivity contribution in [1.29, 1.82) is 0 Å². The molecule has 2 aromatic carbocycles. The van der Waals surface area contributed by atoms with Crippen LogP contribution < -0.4 is 26.6 Å². The molecule has 1 heterocycles. The normalized spacial score (nSPS) is 14.3. The fourth-order valence-electron chi connectivity index (χ4n) is 4.86. The molecule has 0 radical (unpaired) electrons. The number of nitrogens with one attached hydrogen (secondary N) is 1. The van der Waals surface area contributed by atoms with Gasteiger partial charge in [0.05, 0.1) is 5.69 Å². The van der Waals surface area contributed by atoms with E-state index in [4.69, 9.17) is 11.5 Å². The molecule has 1 fully saturated rings. The molecule has 1 saturated carbocycles. The van der Waals surface area contributed by atoms with E-state index in [0.717, 1.165) is 48.5 Å². The zero-order valence-electron chi connectivity index (χ0n) is 22.8. The molecule has 39 heavy (non-hydrogen) atoms. The van der Waals surface area contributed by atoms with E-state index in [0.29, 0.717) is 17.2 Å². The lowest BCUT2D eigenvalue weighted by molar-refractivity contribution is -0.123. The average Bonchev–Trinajstić information content (AvgIpc) is 3.56. The fraction of sp³-hybridized carbons (Fsp3) is 0.379. The first-order chi connectivity index (χ1) is 18.6. The highest BCUT2D eigenvalue weighted by Gasteiger charge is 2.37. The quantitative estimate of drug-likeness (QED) is 0.361. The van der Waals surface area contributed by atoms with Crippen LogP contribution in [0.15, 0.2) is 48.5 Å². The summed E-state index contributed by atoms with van der Waals surface area (Å²) in [6, 6.07) is 14.2. The van der Waals surface area contributed by atoms with Crippen molar-refractivity contribution in [2.45, 2.75) is 57.5 Å². The molecule has 1 aliphatic carbocycles. The Bertz CT molecular complexity index is 1330. The van der Waals surface area contributed by atoms with Gasteiger partial charge in [-0.15, -0.1) is 0 Å². The molecule has 3 aromatic rings. The summed E-state index contributed by atoms with van der Waals surface area (Å²) < 4.78 is 4.03. The molecule has 206 valence electrons. The van der Waals surface area contributed by atoms with E-state index in [1.54, 1.807) is 0 Å². The highest BCUT2D eigenvalue weighted by atomic mass is 32.1. The fourth-order valence-corrected chi connectivity index (χ4v) is 5.61. The van der Waals surface area contributed by atoms with Crippen LogP contribution >= 0.6 is 11.5 Å². The molecule has 0 bridgehead atoms. The minimum Gasteiger partial charge on any atom is -0.395 e. The molecule has 0 spiro atoms. The van der Waals surface area contributed by atoms with Crippen LogP contribution in [0.4, 0.5) is 17.1 Å². The number of nitrogens with zero attached hydrogens (tertiary/aromatic N) is 3. The number of carbonyl (C=O) groups is 3. The number of nitrogens with two attached hydrogens (primary N) is 2. The van der Waals surface area contributed by atoms with Gasteiger partial charge < -0.3 is 21.7 Å². The second-order valence-corrected chi connectivity index (χ2v) is 11.2. The van der Waals surface area contributed by atoms with Crippen molar-refractivity contribution in [2.24, 2.45) is 5.73 Å². The maximum Gasteiger partial charge on any atom is 0.273 e. The average molecular weight is 549 g/mol. The SMILES string of the molecule is CC(C)c1ccc(N(C(=O)c2snc(C(N)=O)c2N)[C@@H](C(=O)NC2CCCC2)c2ccc(N(C)C)cc2)cc1. The van der Waals surface area contributed by atoms with Crippen LogP contribution in [0.3, 0.4) is 0 Å². The molecular weight excluding hydrogens is 512 g/mol. The van der Waals surface area contributed by atoms with Crippen molar-refractivity contribution < 1.29 is 14.4 Å². The molecule has 1 aliphatic rings. The molecule has 4 rings (SSSR count). The van der Waals surface area contributed by atoms with Gasteiger partial charge in [0.1, 0.15) is 10.9 Å². The highest BCUT2D eigenvalue weighted by molar-refractivity contribution is 7.09. The molecule has 1 aromatic heterocycles.